The number of aryl methyl sites for hydroxylation is 1. The van der Waals surface area contributed by atoms with Crippen molar-refractivity contribution in [2.24, 2.45) is 7.05 Å². The summed E-state index contributed by atoms with van der Waals surface area (Å²) in [6.07, 6.45) is 0. The van der Waals surface area contributed by atoms with Crippen LogP contribution in [0.2, 0.25) is 0 Å². The molecule has 0 N–H and O–H groups in total. The van der Waals surface area contributed by atoms with Gasteiger partial charge in [-0.2, -0.15) is 4.57 Å². The summed E-state index contributed by atoms with van der Waals surface area (Å²) in [5, 5.41) is 1.20. The molecule has 24 heavy (non-hydrogen) atoms. The van der Waals surface area contributed by atoms with Gasteiger partial charge in [0, 0.05) is 17.5 Å². The fourth-order valence-corrected chi connectivity index (χ4v) is 2.86. The zero-order chi connectivity index (χ0) is 16.4. The average molecular weight is 346 g/mol. The van der Waals surface area contributed by atoms with Gasteiger partial charge < -0.3 is 26.6 Å². The Morgan fingerprint density at radius 2 is 1.42 bits per heavy atom. The zero-order valence-electron chi connectivity index (χ0n) is 14.2. The van der Waals surface area contributed by atoms with Crippen LogP contribution in [0.15, 0.2) is 48.5 Å². The van der Waals surface area contributed by atoms with Crippen LogP contribution in [-0.4, -0.2) is 21.3 Å². The van der Waals surface area contributed by atoms with Gasteiger partial charge in [-0.1, -0.05) is 12.1 Å². The number of nitrogens with zero attached hydrogens (tertiary/aromatic N) is 1. The lowest BCUT2D eigenvalue weighted by atomic mass is 10.1. The van der Waals surface area contributed by atoms with Gasteiger partial charge in [0.2, 0.25) is 17.0 Å². The molecule has 0 radical (unpaired) electrons. The van der Waals surface area contributed by atoms with Crippen LogP contribution in [0.5, 0.6) is 17.2 Å². The van der Waals surface area contributed by atoms with Crippen molar-refractivity contribution in [3.8, 4) is 28.5 Å². The smallest absolute Gasteiger partial charge is 0.213 e. The van der Waals surface area contributed by atoms with E-state index in [2.05, 4.69) is 35.9 Å². The number of benzene rings is 2. The third kappa shape index (κ3) is 2.97. The van der Waals surface area contributed by atoms with Crippen LogP contribution in [0.1, 0.15) is 0 Å². The van der Waals surface area contributed by atoms with Crippen LogP contribution < -0.4 is 31.2 Å². The number of halogens is 1. The van der Waals surface area contributed by atoms with E-state index in [1.54, 1.807) is 21.3 Å². The quantitative estimate of drug-likeness (QED) is 0.640. The van der Waals surface area contributed by atoms with Gasteiger partial charge in [0.25, 0.3) is 0 Å². The van der Waals surface area contributed by atoms with E-state index in [1.165, 1.54) is 10.9 Å². The molecule has 0 amide bonds. The number of aromatic nitrogens is 1. The lowest BCUT2D eigenvalue weighted by Gasteiger charge is -2.13. The first-order valence-corrected chi connectivity index (χ1v) is 7.37. The molecule has 0 fully saturated rings. The Morgan fingerprint density at radius 3 is 2.00 bits per heavy atom. The van der Waals surface area contributed by atoms with Gasteiger partial charge >= 0.3 is 0 Å². The first-order chi connectivity index (χ1) is 11.2. The summed E-state index contributed by atoms with van der Waals surface area (Å²) in [5.41, 5.74) is 3.24. The topological polar surface area (TPSA) is 31.6 Å². The standard InChI is InChI=1S/C19H20NO3.ClH/c1-20-15-8-6-5-7-13(15)9-10-16(20)14-11-17(21-2)19(23-4)18(12-14)22-3;/h5-12H,1-4H3;1H/q+1;/p-1. The molecule has 3 rings (SSSR count). The third-order valence-electron chi connectivity index (χ3n) is 4.04. The van der Waals surface area contributed by atoms with Crippen molar-refractivity contribution >= 4 is 10.9 Å². The molecular weight excluding hydrogens is 326 g/mol. The maximum absolute atomic E-state index is 5.45. The van der Waals surface area contributed by atoms with E-state index >= 15 is 0 Å². The maximum Gasteiger partial charge on any atom is 0.213 e. The number of para-hydroxylation sites is 1. The van der Waals surface area contributed by atoms with E-state index in [-0.39, 0.29) is 12.4 Å². The number of pyridine rings is 1. The minimum atomic E-state index is 0. The van der Waals surface area contributed by atoms with E-state index in [4.69, 9.17) is 14.2 Å². The van der Waals surface area contributed by atoms with E-state index in [1.807, 2.05) is 24.3 Å². The molecule has 5 heteroatoms. The molecule has 0 spiro atoms. The van der Waals surface area contributed by atoms with E-state index in [0.29, 0.717) is 17.2 Å². The zero-order valence-corrected chi connectivity index (χ0v) is 14.9. The van der Waals surface area contributed by atoms with Gasteiger partial charge in [-0.15, -0.1) is 0 Å². The molecule has 1 heterocycles. The van der Waals surface area contributed by atoms with E-state index in [9.17, 15) is 0 Å². The first kappa shape index (κ1) is 17.9. The number of rotatable bonds is 4. The third-order valence-corrected chi connectivity index (χ3v) is 4.04. The molecule has 4 nitrogen and oxygen atoms in total. The first-order valence-electron chi connectivity index (χ1n) is 7.37. The molecule has 0 unspecified atom stereocenters. The Hall–Kier alpha value is -2.46. The SMILES string of the molecule is COc1cc(-c2ccc3ccccc3[n+]2C)cc(OC)c1OC.[Cl-]. The van der Waals surface area contributed by atoms with Crippen LogP contribution in [0, 0.1) is 0 Å². The predicted molar refractivity (Wildman–Crippen MR) is 90.2 cm³/mol. The average Bonchev–Trinajstić information content (AvgIpc) is 2.61. The molecule has 0 aliphatic heterocycles. The molecule has 1 aromatic heterocycles. The maximum atomic E-state index is 5.45. The van der Waals surface area contributed by atoms with Gasteiger partial charge in [-0.3, -0.25) is 0 Å². The highest BCUT2D eigenvalue weighted by Crippen LogP contribution is 2.40. The molecule has 126 valence electrons. The monoisotopic (exact) mass is 345 g/mol. The Kier molecular flexibility index (Phi) is 5.52. The highest BCUT2D eigenvalue weighted by Gasteiger charge is 2.19. The number of ether oxygens (including phenoxy) is 3. The van der Waals surface area contributed by atoms with Crippen molar-refractivity contribution in [3.63, 3.8) is 0 Å². The lowest BCUT2D eigenvalue weighted by molar-refractivity contribution is -0.633. The minimum absolute atomic E-state index is 0. The van der Waals surface area contributed by atoms with Crippen molar-refractivity contribution in [2.75, 3.05) is 21.3 Å². The summed E-state index contributed by atoms with van der Waals surface area (Å²) in [4.78, 5) is 0. The van der Waals surface area contributed by atoms with Crippen LogP contribution in [0.25, 0.3) is 22.2 Å². The number of fused-ring (bicyclic) bond motifs is 1. The molecule has 0 aliphatic rings. The number of hydrogen-bond acceptors (Lipinski definition) is 3. The van der Waals surface area contributed by atoms with Crippen molar-refractivity contribution < 1.29 is 31.2 Å². The van der Waals surface area contributed by atoms with Crippen molar-refractivity contribution in [3.05, 3.63) is 48.5 Å². The normalized spacial score (nSPS) is 10.2. The molecule has 0 atom stereocenters. The fourth-order valence-electron chi connectivity index (χ4n) is 2.86. The van der Waals surface area contributed by atoms with Crippen molar-refractivity contribution in [1.82, 2.24) is 0 Å². The minimum Gasteiger partial charge on any atom is -1.00 e. The van der Waals surface area contributed by atoms with Gasteiger partial charge in [-0.25, -0.2) is 0 Å². The summed E-state index contributed by atoms with van der Waals surface area (Å²) in [6.45, 7) is 0. The second kappa shape index (κ2) is 7.41. The number of methoxy groups -OCH3 is 3. The molecule has 0 saturated carbocycles. The molecule has 0 aliphatic carbocycles. The highest BCUT2D eigenvalue weighted by molar-refractivity contribution is 5.78. The summed E-state index contributed by atoms with van der Waals surface area (Å²) >= 11 is 0. The molecular formula is C19H20ClNO3. The fraction of sp³-hybridized carbons (Fsp3) is 0.211. The molecule has 0 bridgehead atoms. The van der Waals surface area contributed by atoms with E-state index < -0.39 is 0 Å². The van der Waals surface area contributed by atoms with Crippen LogP contribution >= 0.6 is 0 Å². The van der Waals surface area contributed by atoms with Crippen LogP contribution in [-0.2, 0) is 7.05 Å². The second-order valence-corrected chi connectivity index (χ2v) is 5.25. The van der Waals surface area contributed by atoms with Gasteiger partial charge in [0.15, 0.2) is 11.5 Å². The van der Waals surface area contributed by atoms with Crippen molar-refractivity contribution in [1.29, 1.82) is 0 Å². The van der Waals surface area contributed by atoms with E-state index in [0.717, 1.165) is 11.3 Å². The van der Waals surface area contributed by atoms with Crippen LogP contribution in [0.3, 0.4) is 0 Å². The van der Waals surface area contributed by atoms with Crippen LogP contribution in [0.4, 0.5) is 0 Å². The molecule has 3 aromatic rings. The Morgan fingerprint density at radius 1 is 0.792 bits per heavy atom. The Labute approximate surface area is 148 Å². The lowest BCUT2D eigenvalue weighted by Crippen LogP contribution is -3.00. The molecule has 0 saturated heterocycles. The summed E-state index contributed by atoms with van der Waals surface area (Å²) < 4.78 is 18.5. The Balaban J connectivity index is 0.00000208. The molecule has 2 aromatic carbocycles. The van der Waals surface area contributed by atoms with Crippen molar-refractivity contribution in [2.45, 2.75) is 0 Å². The highest BCUT2D eigenvalue weighted by atomic mass is 35.5. The summed E-state index contributed by atoms with van der Waals surface area (Å²) in [6, 6.07) is 16.4. The second-order valence-electron chi connectivity index (χ2n) is 5.25. The Bertz CT molecular complexity index is 839. The van der Waals surface area contributed by atoms with Gasteiger partial charge in [-0.05, 0) is 24.3 Å². The predicted octanol–water partition coefficient (Wildman–Crippen LogP) is 0.361. The largest absolute Gasteiger partial charge is 1.00 e. The van der Waals surface area contributed by atoms with Gasteiger partial charge in [0.1, 0.15) is 7.05 Å². The summed E-state index contributed by atoms with van der Waals surface area (Å²) in [5.74, 6) is 1.90. The number of hydrogen-bond donors (Lipinski definition) is 0. The summed E-state index contributed by atoms with van der Waals surface area (Å²) in [7, 11) is 6.92. The van der Waals surface area contributed by atoms with Gasteiger partial charge in [0.05, 0.1) is 26.9 Å².